The average molecular weight is 297 g/mol. The first-order chi connectivity index (χ1) is 9.82. The van der Waals surface area contributed by atoms with Crippen LogP contribution in [0.25, 0.3) is 0 Å². The molecule has 3 unspecified atom stereocenters. The normalized spacial score (nSPS) is 27.3. The third-order valence-corrected chi connectivity index (χ3v) is 4.50. The van der Waals surface area contributed by atoms with Crippen molar-refractivity contribution >= 4 is 0 Å². The van der Waals surface area contributed by atoms with Crippen LogP contribution in [-0.4, -0.2) is 5.11 Å². The molecule has 3 atom stereocenters. The van der Waals surface area contributed by atoms with Gasteiger partial charge in [0.05, 0.1) is 23.2 Å². The predicted octanol–water partition coefficient (Wildman–Crippen LogP) is 4.46. The fourth-order valence-corrected chi connectivity index (χ4v) is 3.14. The molecule has 5 heteroatoms. The zero-order valence-corrected chi connectivity index (χ0v) is 11.8. The van der Waals surface area contributed by atoms with Crippen molar-refractivity contribution < 1.29 is 18.3 Å². The summed E-state index contributed by atoms with van der Waals surface area (Å²) in [5.74, 6) is 0.352. The minimum absolute atomic E-state index is 0.170. The van der Waals surface area contributed by atoms with E-state index in [0.29, 0.717) is 18.8 Å². The molecule has 1 aliphatic carbocycles. The van der Waals surface area contributed by atoms with Crippen LogP contribution in [0.2, 0.25) is 0 Å². The Labute approximate surface area is 122 Å². The largest absolute Gasteiger partial charge is 0.416 e. The first-order valence-electron chi connectivity index (χ1n) is 7.09. The summed E-state index contributed by atoms with van der Waals surface area (Å²) in [7, 11) is 0. The van der Waals surface area contributed by atoms with Crippen molar-refractivity contribution in [2.24, 2.45) is 11.3 Å². The Hall–Kier alpha value is -1.54. The Morgan fingerprint density at radius 2 is 2.19 bits per heavy atom. The Bertz CT molecular complexity index is 549. The maximum Gasteiger partial charge on any atom is 0.416 e. The fourth-order valence-electron chi connectivity index (χ4n) is 3.14. The molecule has 2 nitrogen and oxygen atoms in total. The molecular formula is C16H18F3NO. The number of hydrogen-bond donors (Lipinski definition) is 1. The van der Waals surface area contributed by atoms with Crippen LogP contribution in [0.1, 0.15) is 49.8 Å². The number of nitriles is 1. The molecule has 0 heterocycles. The lowest BCUT2D eigenvalue weighted by Crippen LogP contribution is -2.25. The van der Waals surface area contributed by atoms with Crippen LogP contribution in [-0.2, 0) is 6.18 Å². The van der Waals surface area contributed by atoms with Crippen molar-refractivity contribution in [1.82, 2.24) is 0 Å². The predicted molar refractivity (Wildman–Crippen MR) is 72.1 cm³/mol. The molecule has 1 fully saturated rings. The summed E-state index contributed by atoms with van der Waals surface area (Å²) >= 11 is 0. The highest BCUT2D eigenvalue weighted by Crippen LogP contribution is 2.50. The van der Waals surface area contributed by atoms with Gasteiger partial charge in [-0.1, -0.05) is 25.5 Å². The van der Waals surface area contributed by atoms with Gasteiger partial charge in [0.15, 0.2) is 0 Å². The summed E-state index contributed by atoms with van der Waals surface area (Å²) in [4.78, 5) is 0. The maximum atomic E-state index is 12.8. The van der Waals surface area contributed by atoms with Gasteiger partial charge in [0.1, 0.15) is 0 Å². The topological polar surface area (TPSA) is 44.0 Å². The monoisotopic (exact) mass is 297 g/mol. The van der Waals surface area contributed by atoms with Crippen molar-refractivity contribution in [2.75, 3.05) is 0 Å². The molecule has 1 aromatic carbocycles. The molecule has 1 N–H and O–H groups in total. The van der Waals surface area contributed by atoms with E-state index >= 15 is 0 Å². The number of aliphatic hydroxyl groups is 1. The number of halogens is 3. The molecule has 1 aliphatic rings. The Morgan fingerprint density at radius 1 is 1.48 bits per heavy atom. The quantitative estimate of drug-likeness (QED) is 0.895. The van der Waals surface area contributed by atoms with Crippen LogP contribution in [0.5, 0.6) is 0 Å². The SMILES string of the molecule is CCC1CCC(C#N)(C(O)c2cccc(C(F)(F)F)c2)C1. The smallest absolute Gasteiger partial charge is 0.387 e. The summed E-state index contributed by atoms with van der Waals surface area (Å²) < 4.78 is 38.3. The van der Waals surface area contributed by atoms with Crippen LogP contribution in [0.3, 0.4) is 0 Å². The average Bonchev–Trinajstić information content (AvgIpc) is 2.90. The second-order valence-corrected chi connectivity index (χ2v) is 5.81. The van der Waals surface area contributed by atoms with Gasteiger partial charge in [-0.15, -0.1) is 0 Å². The minimum atomic E-state index is -4.45. The van der Waals surface area contributed by atoms with E-state index in [1.165, 1.54) is 12.1 Å². The molecule has 0 amide bonds. The van der Waals surface area contributed by atoms with Crippen LogP contribution >= 0.6 is 0 Å². The lowest BCUT2D eigenvalue weighted by molar-refractivity contribution is -0.137. The second kappa shape index (κ2) is 5.69. The third kappa shape index (κ3) is 3.06. The molecule has 21 heavy (non-hydrogen) atoms. The van der Waals surface area contributed by atoms with Crippen LogP contribution in [0.15, 0.2) is 24.3 Å². The second-order valence-electron chi connectivity index (χ2n) is 5.81. The van der Waals surface area contributed by atoms with Crippen molar-refractivity contribution in [3.8, 4) is 6.07 Å². The van der Waals surface area contributed by atoms with E-state index in [1.807, 2.05) is 6.92 Å². The number of rotatable bonds is 3. The van der Waals surface area contributed by atoms with Gasteiger partial charge in [-0.05, 0) is 42.9 Å². The van der Waals surface area contributed by atoms with Crippen LogP contribution < -0.4 is 0 Å². The van der Waals surface area contributed by atoms with Gasteiger partial charge in [-0.25, -0.2) is 0 Å². The molecule has 1 aromatic rings. The zero-order valence-electron chi connectivity index (χ0n) is 11.8. The van der Waals surface area contributed by atoms with Gasteiger partial charge in [0, 0.05) is 0 Å². The van der Waals surface area contributed by atoms with Gasteiger partial charge in [-0.3, -0.25) is 0 Å². The number of nitrogens with zero attached hydrogens (tertiary/aromatic N) is 1. The van der Waals surface area contributed by atoms with E-state index in [9.17, 15) is 23.5 Å². The third-order valence-electron chi connectivity index (χ3n) is 4.50. The minimum Gasteiger partial charge on any atom is -0.387 e. The summed E-state index contributed by atoms with van der Waals surface area (Å²) in [5.41, 5.74) is -1.59. The van der Waals surface area contributed by atoms with Crippen LogP contribution in [0.4, 0.5) is 13.2 Å². The molecule has 2 rings (SSSR count). The fraction of sp³-hybridized carbons (Fsp3) is 0.562. The van der Waals surface area contributed by atoms with Crippen molar-refractivity contribution in [2.45, 2.75) is 44.9 Å². The van der Waals surface area contributed by atoms with Crippen molar-refractivity contribution in [1.29, 1.82) is 5.26 Å². The number of hydrogen-bond acceptors (Lipinski definition) is 2. The Balaban J connectivity index is 2.31. The highest BCUT2D eigenvalue weighted by Gasteiger charge is 2.45. The van der Waals surface area contributed by atoms with Crippen molar-refractivity contribution in [3.05, 3.63) is 35.4 Å². The van der Waals surface area contributed by atoms with Gasteiger partial charge in [0.25, 0.3) is 0 Å². The molecular weight excluding hydrogens is 279 g/mol. The van der Waals surface area contributed by atoms with E-state index in [-0.39, 0.29) is 5.56 Å². The molecule has 0 radical (unpaired) electrons. The summed E-state index contributed by atoms with van der Waals surface area (Å²) in [6.07, 6.45) is -2.81. The summed E-state index contributed by atoms with van der Waals surface area (Å²) in [6, 6.07) is 6.82. The van der Waals surface area contributed by atoms with Gasteiger partial charge < -0.3 is 5.11 Å². The number of benzene rings is 1. The molecule has 0 aliphatic heterocycles. The highest BCUT2D eigenvalue weighted by atomic mass is 19.4. The number of alkyl halides is 3. The van der Waals surface area contributed by atoms with E-state index in [0.717, 1.165) is 25.0 Å². The molecule has 0 aromatic heterocycles. The molecule has 1 saturated carbocycles. The summed E-state index contributed by atoms with van der Waals surface area (Å²) in [5, 5.41) is 19.9. The van der Waals surface area contributed by atoms with Crippen LogP contribution in [0, 0.1) is 22.7 Å². The Kier molecular flexibility index (Phi) is 4.29. The molecule has 114 valence electrons. The Morgan fingerprint density at radius 3 is 2.71 bits per heavy atom. The van der Waals surface area contributed by atoms with Gasteiger partial charge in [-0.2, -0.15) is 18.4 Å². The molecule has 0 bridgehead atoms. The molecule has 0 saturated heterocycles. The lowest BCUT2D eigenvalue weighted by atomic mass is 9.77. The van der Waals surface area contributed by atoms with E-state index in [2.05, 4.69) is 6.07 Å². The zero-order chi connectivity index (χ0) is 15.7. The van der Waals surface area contributed by atoms with Gasteiger partial charge in [0.2, 0.25) is 0 Å². The van der Waals surface area contributed by atoms with E-state index in [4.69, 9.17) is 0 Å². The van der Waals surface area contributed by atoms with Crippen molar-refractivity contribution in [3.63, 3.8) is 0 Å². The standard InChI is InChI=1S/C16H18F3NO/c1-2-11-6-7-15(9-11,10-20)14(21)12-4-3-5-13(8-12)16(17,18)19/h3-5,8,11,14,21H,2,6-7,9H2,1H3. The lowest BCUT2D eigenvalue weighted by Gasteiger charge is -2.28. The highest BCUT2D eigenvalue weighted by molar-refractivity contribution is 5.30. The molecule has 0 spiro atoms. The maximum absolute atomic E-state index is 12.8. The first-order valence-corrected chi connectivity index (χ1v) is 7.09. The summed E-state index contributed by atoms with van der Waals surface area (Å²) in [6.45, 7) is 2.02. The first kappa shape index (κ1) is 15.8. The number of aliphatic hydroxyl groups excluding tert-OH is 1. The van der Waals surface area contributed by atoms with Gasteiger partial charge >= 0.3 is 6.18 Å². The van der Waals surface area contributed by atoms with E-state index < -0.39 is 23.3 Å². The van der Waals surface area contributed by atoms with E-state index in [1.54, 1.807) is 0 Å².